The minimum atomic E-state index is -4.90. The van der Waals surface area contributed by atoms with Crippen molar-refractivity contribution >= 4 is 27.5 Å². The maximum atomic E-state index is 12.6. The predicted molar refractivity (Wildman–Crippen MR) is 68.4 cm³/mol. The Morgan fingerprint density at radius 2 is 1.77 bits per heavy atom. The van der Waals surface area contributed by atoms with Crippen LogP contribution in [-0.4, -0.2) is 16.3 Å². The molecule has 0 aliphatic carbocycles. The van der Waals surface area contributed by atoms with E-state index in [1.165, 1.54) is 0 Å². The van der Waals surface area contributed by atoms with E-state index in [-0.39, 0.29) is 16.4 Å². The zero-order valence-corrected chi connectivity index (χ0v) is 12.5. The van der Waals surface area contributed by atoms with E-state index >= 15 is 0 Å². The number of ether oxygens (including phenoxy) is 1. The lowest BCUT2D eigenvalue weighted by molar-refractivity contribution is -0.274. The van der Waals surface area contributed by atoms with Crippen LogP contribution in [0.5, 0.6) is 5.75 Å². The first-order chi connectivity index (χ1) is 9.97. The molecule has 1 aromatic carbocycles. The monoisotopic (exact) mass is 408 g/mol. The van der Waals surface area contributed by atoms with Gasteiger partial charge in [0.15, 0.2) is 5.69 Å². The summed E-state index contributed by atoms with van der Waals surface area (Å²) < 4.78 is 77.3. The van der Waals surface area contributed by atoms with E-state index in [0.717, 1.165) is 18.2 Å². The summed E-state index contributed by atoms with van der Waals surface area (Å²) in [5, 5.41) is -0.253. The molecular formula is C11H4BrClF6N2O. The number of nitrogens with zero attached hydrogens (tertiary/aromatic N) is 1. The molecule has 0 spiro atoms. The Morgan fingerprint density at radius 3 is 2.23 bits per heavy atom. The predicted octanol–water partition coefficient (Wildman–Crippen LogP) is 5.41. The molecule has 2 aromatic rings. The van der Waals surface area contributed by atoms with Crippen LogP contribution in [0.2, 0.25) is 5.02 Å². The topological polar surface area (TPSA) is 37.9 Å². The molecule has 0 fully saturated rings. The quantitative estimate of drug-likeness (QED) is 0.674. The molecule has 0 radical (unpaired) electrons. The third kappa shape index (κ3) is 3.86. The second-order valence-corrected chi connectivity index (χ2v) is 5.10. The number of imidazole rings is 1. The first-order valence-corrected chi connectivity index (χ1v) is 6.53. The number of alkyl halides is 6. The fourth-order valence-corrected chi connectivity index (χ4v) is 2.31. The highest BCUT2D eigenvalue weighted by molar-refractivity contribution is 9.10. The lowest BCUT2D eigenvalue weighted by atomic mass is 10.2. The standard InChI is InChI=1S/C11H4BrClF6N2O/c12-8-7(10(14,15)16)20-9(21-8)5-2-1-4(3-6(5)13)22-11(17,18)19/h1-3H,(H,20,21). The van der Waals surface area contributed by atoms with Crippen molar-refractivity contribution in [1.29, 1.82) is 0 Å². The number of hydrogen-bond acceptors (Lipinski definition) is 2. The van der Waals surface area contributed by atoms with Gasteiger partial charge in [-0.2, -0.15) is 13.2 Å². The number of nitrogens with one attached hydrogen (secondary N) is 1. The van der Waals surface area contributed by atoms with E-state index in [1.54, 1.807) is 0 Å². The molecule has 120 valence electrons. The second kappa shape index (κ2) is 5.65. The number of H-pyrrole nitrogens is 1. The van der Waals surface area contributed by atoms with E-state index in [2.05, 4.69) is 25.7 Å². The van der Waals surface area contributed by atoms with Crippen LogP contribution in [0.15, 0.2) is 22.8 Å². The molecule has 22 heavy (non-hydrogen) atoms. The second-order valence-electron chi connectivity index (χ2n) is 3.94. The summed E-state index contributed by atoms with van der Waals surface area (Å²) in [6.07, 6.45) is -9.57. The molecule has 2 rings (SSSR count). The maximum Gasteiger partial charge on any atom is 0.573 e. The molecular weight excluding hydrogens is 405 g/mol. The van der Waals surface area contributed by atoms with Gasteiger partial charge in [0.05, 0.1) is 5.02 Å². The van der Waals surface area contributed by atoms with Gasteiger partial charge in [0.25, 0.3) is 0 Å². The minimum Gasteiger partial charge on any atom is -0.406 e. The van der Waals surface area contributed by atoms with Gasteiger partial charge in [-0.3, -0.25) is 0 Å². The summed E-state index contributed by atoms with van der Waals surface area (Å²) in [5.74, 6) is -0.842. The molecule has 0 saturated carbocycles. The fourth-order valence-electron chi connectivity index (χ4n) is 1.55. The molecule has 1 aromatic heterocycles. The largest absolute Gasteiger partial charge is 0.573 e. The van der Waals surface area contributed by atoms with Crippen molar-refractivity contribution < 1.29 is 31.1 Å². The van der Waals surface area contributed by atoms with Gasteiger partial charge in [-0.1, -0.05) is 11.6 Å². The zero-order chi connectivity index (χ0) is 16.7. The summed E-state index contributed by atoms with van der Waals surface area (Å²) in [6.45, 7) is 0. The first kappa shape index (κ1) is 16.9. The first-order valence-electron chi connectivity index (χ1n) is 5.36. The average molecular weight is 410 g/mol. The van der Waals surface area contributed by atoms with Crippen molar-refractivity contribution in [3.63, 3.8) is 0 Å². The van der Waals surface area contributed by atoms with Crippen LogP contribution in [0, 0.1) is 0 Å². The van der Waals surface area contributed by atoms with Gasteiger partial charge in [-0.25, -0.2) is 4.98 Å². The molecule has 0 amide bonds. The number of halogens is 8. The smallest absolute Gasteiger partial charge is 0.406 e. The fraction of sp³-hybridized carbons (Fsp3) is 0.182. The van der Waals surface area contributed by atoms with Crippen molar-refractivity contribution in [1.82, 2.24) is 9.97 Å². The van der Waals surface area contributed by atoms with Crippen LogP contribution < -0.4 is 4.74 Å². The minimum absolute atomic E-state index is 0.00705. The third-order valence-electron chi connectivity index (χ3n) is 2.37. The SMILES string of the molecule is FC(F)(F)Oc1ccc(-c2nc(Br)c(C(F)(F)F)[nH]2)c(Cl)c1. The Kier molecular flexibility index (Phi) is 4.35. The Hall–Kier alpha value is -1.42. The summed E-state index contributed by atoms with van der Waals surface area (Å²) in [5.41, 5.74) is -1.14. The van der Waals surface area contributed by atoms with E-state index in [1.807, 2.05) is 4.98 Å². The van der Waals surface area contributed by atoms with Crippen molar-refractivity contribution in [2.24, 2.45) is 0 Å². The van der Waals surface area contributed by atoms with Crippen LogP contribution in [0.3, 0.4) is 0 Å². The van der Waals surface area contributed by atoms with Crippen molar-refractivity contribution in [3.05, 3.63) is 33.5 Å². The van der Waals surface area contributed by atoms with Crippen LogP contribution in [0.25, 0.3) is 11.4 Å². The maximum absolute atomic E-state index is 12.6. The van der Waals surface area contributed by atoms with Gasteiger partial charge < -0.3 is 9.72 Å². The van der Waals surface area contributed by atoms with Crippen LogP contribution in [-0.2, 0) is 6.18 Å². The number of aromatic nitrogens is 2. The van der Waals surface area contributed by atoms with E-state index < -0.39 is 28.6 Å². The molecule has 11 heteroatoms. The molecule has 0 saturated heterocycles. The molecule has 0 bridgehead atoms. The zero-order valence-electron chi connectivity index (χ0n) is 10.1. The summed E-state index contributed by atoms with van der Waals surface area (Å²) >= 11 is 8.41. The average Bonchev–Trinajstić information content (AvgIpc) is 2.68. The molecule has 1 N–H and O–H groups in total. The van der Waals surface area contributed by atoms with Gasteiger partial charge >= 0.3 is 12.5 Å². The summed E-state index contributed by atoms with van der Waals surface area (Å²) in [4.78, 5) is 5.62. The highest BCUT2D eigenvalue weighted by Gasteiger charge is 2.36. The Morgan fingerprint density at radius 1 is 1.14 bits per heavy atom. The lowest BCUT2D eigenvalue weighted by Crippen LogP contribution is -2.17. The molecule has 0 aliphatic rings. The Balaban J connectivity index is 2.38. The summed E-state index contributed by atoms with van der Waals surface area (Å²) in [7, 11) is 0. The normalized spacial score (nSPS) is 12.5. The number of rotatable bonds is 2. The molecule has 3 nitrogen and oxygen atoms in total. The van der Waals surface area contributed by atoms with Crippen molar-refractivity contribution in [2.45, 2.75) is 12.5 Å². The Bertz CT molecular complexity index is 697. The van der Waals surface area contributed by atoms with Gasteiger partial charge in [0, 0.05) is 5.56 Å². The van der Waals surface area contributed by atoms with Gasteiger partial charge in [-0.05, 0) is 34.1 Å². The summed E-state index contributed by atoms with van der Waals surface area (Å²) in [6, 6.07) is 2.81. The van der Waals surface area contributed by atoms with Crippen LogP contribution in [0.4, 0.5) is 26.3 Å². The van der Waals surface area contributed by atoms with Crippen molar-refractivity contribution in [3.8, 4) is 17.1 Å². The van der Waals surface area contributed by atoms with Crippen LogP contribution in [0.1, 0.15) is 5.69 Å². The highest BCUT2D eigenvalue weighted by atomic mass is 79.9. The van der Waals surface area contributed by atoms with Crippen LogP contribution >= 0.6 is 27.5 Å². The number of aromatic amines is 1. The van der Waals surface area contributed by atoms with Gasteiger partial charge in [0.1, 0.15) is 16.2 Å². The number of benzene rings is 1. The van der Waals surface area contributed by atoms with Gasteiger partial charge in [-0.15, -0.1) is 13.2 Å². The molecule has 0 atom stereocenters. The van der Waals surface area contributed by atoms with E-state index in [4.69, 9.17) is 11.6 Å². The van der Waals surface area contributed by atoms with E-state index in [0.29, 0.717) is 0 Å². The molecule has 0 unspecified atom stereocenters. The van der Waals surface area contributed by atoms with E-state index in [9.17, 15) is 26.3 Å². The number of hydrogen-bond donors (Lipinski definition) is 1. The highest BCUT2D eigenvalue weighted by Crippen LogP contribution is 2.37. The van der Waals surface area contributed by atoms with Crippen molar-refractivity contribution in [2.75, 3.05) is 0 Å². The Labute approximate surface area is 132 Å². The molecule has 1 heterocycles. The van der Waals surface area contributed by atoms with Gasteiger partial charge in [0.2, 0.25) is 0 Å². The molecule has 0 aliphatic heterocycles. The lowest BCUT2D eigenvalue weighted by Gasteiger charge is -2.10. The third-order valence-corrected chi connectivity index (χ3v) is 3.26.